The average molecular weight is 373 g/mol. The van der Waals surface area contributed by atoms with Crippen molar-refractivity contribution in [1.29, 1.82) is 0 Å². The van der Waals surface area contributed by atoms with E-state index in [9.17, 15) is 15.3 Å². The molecule has 4 aliphatic rings. The van der Waals surface area contributed by atoms with Crippen molar-refractivity contribution in [2.75, 3.05) is 13.1 Å². The first kappa shape index (κ1) is 17.8. The maximum Gasteiger partial charge on any atom is 0.164 e. The summed E-state index contributed by atoms with van der Waals surface area (Å²) in [6.07, 6.45) is 7.12. The molecule has 4 atom stereocenters. The number of benzene rings is 1. The van der Waals surface area contributed by atoms with Gasteiger partial charge in [-0.15, -0.1) is 0 Å². The maximum absolute atomic E-state index is 11.8. The van der Waals surface area contributed by atoms with Gasteiger partial charge < -0.3 is 20.1 Å². The minimum atomic E-state index is -0.857. The Hall–Kier alpha value is -1.30. The van der Waals surface area contributed by atoms with Crippen LogP contribution in [0, 0.1) is 5.92 Å². The lowest BCUT2D eigenvalue weighted by atomic mass is 9.73. The molecule has 0 spiro atoms. The quantitative estimate of drug-likeness (QED) is 0.742. The van der Waals surface area contributed by atoms with Gasteiger partial charge in [0.15, 0.2) is 11.5 Å². The van der Waals surface area contributed by atoms with Crippen LogP contribution in [0.15, 0.2) is 12.1 Å². The summed E-state index contributed by atoms with van der Waals surface area (Å²) < 4.78 is 6.18. The highest BCUT2D eigenvalue weighted by Crippen LogP contribution is 2.45. The predicted octanol–water partition coefficient (Wildman–Crippen LogP) is 2.39. The zero-order chi connectivity index (χ0) is 18.6. The third kappa shape index (κ3) is 3.04. The molecule has 2 saturated carbocycles. The second kappa shape index (κ2) is 6.64. The molecule has 0 amide bonds. The van der Waals surface area contributed by atoms with Gasteiger partial charge in [-0.25, -0.2) is 0 Å². The van der Waals surface area contributed by atoms with Crippen LogP contribution < -0.4 is 4.74 Å². The molecule has 3 N–H and O–H groups in total. The van der Waals surface area contributed by atoms with Crippen molar-refractivity contribution in [2.45, 2.75) is 81.6 Å². The summed E-state index contributed by atoms with van der Waals surface area (Å²) in [5, 5.41) is 32.7. The molecule has 0 aromatic heterocycles. The molecular weight excluding hydrogens is 342 g/mol. The molecule has 1 aromatic carbocycles. The van der Waals surface area contributed by atoms with E-state index in [1.54, 1.807) is 6.07 Å². The number of fused-ring (bicyclic) bond motifs is 4. The smallest absolute Gasteiger partial charge is 0.164 e. The van der Waals surface area contributed by atoms with Crippen LogP contribution in [0.3, 0.4) is 0 Å². The molecule has 5 heteroatoms. The molecule has 2 aliphatic heterocycles. The number of aliphatic hydroxyl groups is 2. The van der Waals surface area contributed by atoms with Crippen molar-refractivity contribution in [2.24, 2.45) is 5.92 Å². The van der Waals surface area contributed by atoms with Crippen molar-refractivity contribution in [1.82, 2.24) is 4.90 Å². The Labute approximate surface area is 161 Å². The number of ether oxygens (including phenoxy) is 1. The highest BCUT2D eigenvalue weighted by molar-refractivity contribution is 5.51. The van der Waals surface area contributed by atoms with Gasteiger partial charge in [0.25, 0.3) is 0 Å². The van der Waals surface area contributed by atoms with Crippen LogP contribution in [0.5, 0.6) is 11.5 Å². The summed E-state index contributed by atoms with van der Waals surface area (Å²) in [4.78, 5) is 2.54. The Kier molecular flexibility index (Phi) is 4.37. The van der Waals surface area contributed by atoms with Crippen LogP contribution >= 0.6 is 0 Å². The molecule has 5 nitrogen and oxygen atoms in total. The number of aromatic hydroxyl groups is 1. The fourth-order valence-corrected chi connectivity index (χ4v) is 5.71. The first-order chi connectivity index (χ1) is 13.0. The number of nitrogens with zero attached hydrogens (tertiary/aromatic N) is 1. The molecule has 2 aliphatic carbocycles. The molecule has 5 rings (SSSR count). The van der Waals surface area contributed by atoms with Crippen LogP contribution in [-0.4, -0.2) is 57.2 Å². The molecule has 6 bridgehead atoms. The second-order valence-corrected chi connectivity index (χ2v) is 9.24. The number of phenolic OH excluding ortho intramolecular Hbond substituents is 1. The van der Waals surface area contributed by atoms with Crippen molar-refractivity contribution >= 4 is 0 Å². The summed E-state index contributed by atoms with van der Waals surface area (Å²) >= 11 is 0. The minimum absolute atomic E-state index is 0.0474. The summed E-state index contributed by atoms with van der Waals surface area (Å²) in [5.74, 6) is 1.45. The van der Waals surface area contributed by atoms with Crippen LogP contribution in [0.2, 0.25) is 0 Å². The lowest BCUT2D eigenvalue weighted by molar-refractivity contribution is -0.130. The largest absolute Gasteiger partial charge is 0.504 e. The van der Waals surface area contributed by atoms with E-state index in [0.29, 0.717) is 25.0 Å². The van der Waals surface area contributed by atoms with E-state index in [2.05, 4.69) is 4.90 Å². The molecule has 148 valence electrons. The van der Waals surface area contributed by atoms with Crippen molar-refractivity contribution in [3.8, 4) is 11.5 Å². The average Bonchev–Trinajstić information content (AvgIpc) is 2.60. The van der Waals surface area contributed by atoms with Crippen LogP contribution in [-0.2, 0) is 12.8 Å². The standard InChI is InChI=1S/C22H31NO4/c24-17-8-9-22(26)12-19(17)27-21-16-5-2-10-23(13-14-3-1-4-14)20(22)11-15(16)6-7-18(21)25/h6-7,14,17,19-20,24-26H,1-5,8-13H2/t17-,19+,20+,22-/m0/s1. The number of rotatable bonds is 2. The molecule has 2 fully saturated rings. The van der Waals surface area contributed by atoms with Crippen LogP contribution in [0.1, 0.15) is 56.1 Å². The van der Waals surface area contributed by atoms with Gasteiger partial charge in [0.1, 0.15) is 6.10 Å². The highest BCUT2D eigenvalue weighted by Gasteiger charge is 2.49. The number of aliphatic hydroxyl groups excluding tert-OH is 1. The summed E-state index contributed by atoms with van der Waals surface area (Å²) in [5.41, 5.74) is 1.40. The minimum Gasteiger partial charge on any atom is -0.504 e. The number of phenols is 1. The molecule has 2 heterocycles. The van der Waals surface area contributed by atoms with Gasteiger partial charge in [-0.1, -0.05) is 12.5 Å². The monoisotopic (exact) mass is 373 g/mol. The third-order valence-electron chi connectivity index (χ3n) is 7.53. The van der Waals surface area contributed by atoms with E-state index in [0.717, 1.165) is 43.8 Å². The van der Waals surface area contributed by atoms with Gasteiger partial charge in [-0.05, 0) is 69.0 Å². The SMILES string of the molecule is Oc1ccc2c3c1O[C@@H]1C[C@@](O)(CC[C@@H]1O)[C@@H](C2)N(CC1CCC1)CCC3. The Balaban J connectivity index is 1.59. The lowest BCUT2D eigenvalue weighted by Crippen LogP contribution is -2.60. The Bertz CT molecular complexity index is 719. The van der Waals surface area contributed by atoms with E-state index in [-0.39, 0.29) is 11.8 Å². The molecule has 0 unspecified atom stereocenters. The Morgan fingerprint density at radius 3 is 2.81 bits per heavy atom. The van der Waals surface area contributed by atoms with Gasteiger partial charge in [0, 0.05) is 24.6 Å². The van der Waals surface area contributed by atoms with Gasteiger partial charge in [0.05, 0.1) is 11.7 Å². The summed E-state index contributed by atoms with van der Waals surface area (Å²) in [6.45, 7) is 2.05. The normalized spacial score (nSPS) is 36.6. The molecular formula is C22H31NO4. The van der Waals surface area contributed by atoms with Crippen LogP contribution in [0.25, 0.3) is 0 Å². The van der Waals surface area contributed by atoms with Gasteiger partial charge in [-0.3, -0.25) is 4.90 Å². The number of hydrogen-bond donors (Lipinski definition) is 3. The Morgan fingerprint density at radius 2 is 2.04 bits per heavy atom. The van der Waals surface area contributed by atoms with E-state index >= 15 is 0 Å². The molecule has 27 heavy (non-hydrogen) atoms. The first-order valence-electron chi connectivity index (χ1n) is 10.7. The van der Waals surface area contributed by atoms with Crippen molar-refractivity contribution < 1.29 is 20.1 Å². The lowest BCUT2D eigenvalue weighted by Gasteiger charge is -2.49. The number of hydrogen-bond acceptors (Lipinski definition) is 5. The molecule has 1 aromatic rings. The fourth-order valence-electron chi connectivity index (χ4n) is 5.71. The van der Waals surface area contributed by atoms with Crippen molar-refractivity contribution in [3.63, 3.8) is 0 Å². The molecule has 0 saturated heterocycles. The fraction of sp³-hybridized carbons (Fsp3) is 0.727. The third-order valence-corrected chi connectivity index (χ3v) is 7.53. The Morgan fingerprint density at radius 1 is 1.19 bits per heavy atom. The van der Waals surface area contributed by atoms with Crippen LogP contribution in [0.4, 0.5) is 0 Å². The topological polar surface area (TPSA) is 73.2 Å². The van der Waals surface area contributed by atoms with Gasteiger partial charge in [-0.2, -0.15) is 0 Å². The molecule has 0 radical (unpaired) electrons. The summed E-state index contributed by atoms with van der Waals surface area (Å²) in [6, 6.07) is 3.77. The zero-order valence-corrected chi connectivity index (χ0v) is 15.9. The highest BCUT2D eigenvalue weighted by atomic mass is 16.5. The second-order valence-electron chi connectivity index (χ2n) is 9.24. The van der Waals surface area contributed by atoms with Gasteiger partial charge >= 0.3 is 0 Å². The summed E-state index contributed by atoms with van der Waals surface area (Å²) in [7, 11) is 0. The van der Waals surface area contributed by atoms with E-state index in [1.165, 1.54) is 24.8 Å². The van der Waals surface area contributed by atoms with E-state index < -0.39 is 17.8 Å². The van der Waals surface area contributed by atoms with Crippen molar-refractivity contribution in [3.05, 3.63) is 23.3 Å². The van der Waals surface area contributed by atoms with E-state index in [4.69, 9.17) is 4.74 Å². The zero-order valence-electron chi connectivity index (χ0n) is 15.9. The van der Waals surface area contributed by atoms with Gasteiger partial charge in [0.2, 0.25) is 0 Å². The maximum atomic E-state index is 11.8. The van der Waals surface area contributed by atoms with E-state index in [1.807, 2.05) is 6.07 Å². The first-order valence-corrected chi connectivity index (χ1v) is 10.7. The predicted molar refractivity (Wildman–Crippen MR) is 102 cm³/mol.